The summed E-state index contributed by atoms with van der Waals surface area (Å²) in [7, 11) is 0. The minimum Gasteiger partial charge on any atom is -0.271 e. The highest BCUT2D eigenvalue weighted by atomic mass is 15.2. The van der Waals surface area contributed by atoms with Crippen LogP contribution in [0.5, 0.6) is 0 Å². The predicted molar refractivity (Wildman–Crippen MR) is 50.0 cm³/mol. The Hall–Kier alpha value is -1.30. The molecule has 0 saturated heterocycles. The first-order chi connectivity index (χ1) is 5.88. The maximum Gasteiger partial charge on any atom is 0.0569 e. The van der Waals surface area contributed by atoms with E-state index in [-0.39, 0.29) is 6.04 Å². The van der Waals surface area contributed by atoms with Crippen LogP contribution >= 0.6 is 0 Å². The molecule has 2 nitrogen and oxygen atoms in total. The van der Waals surface area contributed by atoms with Gasteiger partial charge in [0, 0.05) is 6.42 Å². The first kappa shape index (κ1) is 8.79. The van der Waals surface area contributed by atoms with E-state index in [4.69, 9.17) is 12.3 Å². The molecule has 0 spiro atoms. The quantitative estimate of drug-likeness (QED) is 0.396. The van der Waals surface area contributed by atoms with E-state index in [2.05, 4.69) is 11.3 Å². The monoisotopic (exact) mass is 160 g/mol. The molecule has 0 radical (unpaired) electrons. The molecule has 0 amide bonds. The number of hydrogen-bond acceptors (Lipinski definition) is 2. The van der Waals surface area contributed by atoms with Gasteiger partial charge in [-0.15, -0.1) is 12.3 Å². The number of benzene rings is 1. The van der Waals surface area contributed by atoms with Gasteiger partial charge >= 0.3 is 0 Å². The van der Waals surface area contributed by atoms with Crippen LogP contribution in [0.2, 0.25) is 0 Å². The molecule has 0 saturated carbocycles. The van der Waals surface area contributed by atoms with Crippen molar-refractivity contribution in [3.8, 4) is 12.3 Å². The average molecular weight is 160 g/mol. The van der Waals surface area contributed by atoms with Crippen molar-refractivity contribution in [2.75, 3.05) is 0 Å². The van der Waals surface area contributed by atoms with Crippen LogP contribution < -0.4 is 11.3 Å². The molecule has 0 fully saturated rings. The second-order valence-corrected chi connectivity index (χ2v) is 2.54. The Labute approximate surface area is 72.8 Å². The number of hydrazine groups is 1. The second-order valence-electron chi connectivity index (χ2n) is 2.54. The maximum absolute atomic E-state index is 5.35. The fourth-order valence-electron chi connectivity index (χ4n) is 1.08. The number of terminal acetylenes is 1. The first-order valence-corrected chi connectivity index (χ1v) is 3.83. The lowest BCUT2D eigenvalue weighted by Crippen LogP contribution is -2.27. The van der Waals surface area contributed by atoms with Crippen molar-refractivity contribution >= 4 is 0 Å². The molecule has 12 heavy (non-hydrogen) atoms. The lowest BCUT2D eigenvalue weighted by atomic mass is 10.1. The SMILES string of the molecule is C#CCC(NN)c1ccccc1. The third kappa shape index (κ3) is 2.09. The highest BCUT2D eigenvalue weighted by molar-refractivity contribution is 5.19. The van der Waals surface area contributed by atoms with Gasteiger partial charge in [-0.2, -0.15) is 0 Å². The Kier molecular flexibility index (Phi) is 3.34. The molecule has 1 aromatic rings. The third-order valence-corrected chi connectivity index (χ3v) is 1.73. The van der Waals surface area contributed by atoms with Gasteiger partial charge < -0.3 is 0 Å². The summed E-state index contributed by atoms with van der Waals surface area (Å²) in [5.41, 5.74) is 3.80. The lowest BCUT2D eigenvalue weighted by Gasteiger charge is -2.12. The number of rotatable bonds is 3. The molecule has 0 bridgehead atoms. The summed E-state index contributed by atoms with van der Waals surface area (Å²) < 4.78 is 0. The summed E-state index contributed by atoms with van der Waals surface area (Å²) in [4.78, 5) is 0. The van der Waals surface area contributed by atoms with Crippen LogP contribution in [-0.2, 0) is 0 Å². The summed E-state index contributed by atoms with van der Waals surface area (Å²) in [5.74, 6) is 7.92. The molecular formula is C10H12N2. The zero-order valence-corrected chi connectivity index (χ0v) is 6.83. The Morgan fingerprint density at radius 2 is 2.08 bits per heavy atom. The summed E-state index contributed by atoms with van der Waals surface area (Å²) >= 11 is 0. The Bertz CT molecular complexity index is 261. The van der Waals surface area contributed by atoms with E-state index in [1.165, 1.54) is 0 Å². The van der Waals surface area contributed by atoms with Gasteiger partial charge in [0.15, 0.2) is 0 Å². The summed E-state index contributed by atoms with van der Waals surface area (Å²) in [6.07, 6.45) is 5.81. The van der Waals surface area contributed by atoms with E-state index in [9.17, 15) is 0 Å². The van der Waals surface area contributed by atoms with Crippen molar-refractivity contribution in [1.29, 1.82) is 0 Å². The van der Waals surface area contributed by atoms with Gasteiger partial charge in [0.25, 0.3) is 0 Å². The van der Waals surface area contributed by atoms with Crippen LogP contribution in [0.15, 0.2) is 30.3 Å². The van der Waals surface area contributed by atoms with E-state index in [1.54, 1.807) is 0 Å². The van der Waals surface area contributed by atoms with Crippen molar-refractivity contribution in [2.24, 2.45) is 5.84 Å². The van der Waals surface area contributed by atoms with Crippen molar-refractivity contribution < 1.29 is 0 Å². The number of hydrogen-bond donors (Lipinski definition) is 2. The van der Waals surface area contributed by atoms with Crippen molar-refractivity contribution in [3.63, 3.8) is 0 Å². The molecule has 0 aliphatic rings. The van der Waals surface area contributed by atoms with Crippen LogP contribution in [0.3, 0.4) is 0 Å². The van der Waals surface area contributed by atoms with Crippen molar-refractivity contribution in [2.45, 2.75) is 12.5 Å². The van der Waals surface area contributed by atoms with Crippen molar-refractivity contribution in [1.82, 2.24) is 5.43 Å². The van der Waals surface area contributed by atoms with Crippen LogP contribution in [0, 0.1) is 12.3 Å². The summed E-state index contributed by atoms with van der Waals surface area (Å²) in [6, 6.07) is 9.97. The Balaban J connectivity index is 2.75. The van der Waals surface area contributed by atoms with Gasteiger partial charge in [-0.1, -0.05) is 30.3 Å². The minimum atomic E-state index is 0.0659. The van der Waals surface area contributed by atoms with Gasteiger partial charge in [-0.05, 0) is 5.56 Å². The molecule has 1 aromatic carbocycles. The molecule has 62 valence electrons. The molecule has 1 unspecified atom stereocenters. The number of nitrogens with one attached hydrogen (secondary N) is 1. The predicted octanol–water partition coefficient (Wildman–Crippen LogP) is 1.21. The topological polar surface area (TPSA) is 38.0 Å². The van der Waals surface area contributed by atoms with Crippen molar-refractivity contribution in [3.05, 3.63) is 35.9 Å². The molecule has 0 aliphatic carbocycles. The summed E-state index contributed by atoms with van der Waals surface area (Å²) in [6.45, 7) is 0. The molecule has 1 atom stereocenters. The van der Waals surface area contributed by atoms with Gasteiger partial charge in [-0.3, -0.25) is 11.3 Å². The molecule has 1 rings (SSSR count). The normalized spacial score (nSPS) is 12.0. The zero-order valence-electron chi connectivity index (χ0n) is 6.83. The van der Waals surface area contributed by atoms with Crippen LogP contribution in [0.4, 0.5) is 0 Å². The van der Waals surface area contributed by atoms with E-state index < -0.39 is 0 Å². The van der Waals surface area contributed by atoms with Crippen LogP contribution in [0.25, 0.3) is 0 Å². The highest BCUT2D eigenvalue weighted by Gasteiger charge is 2.05. The van der Waals surface area contributed by atoms with E-state index in [0.717, 1.165) is 5.56 Å². The Morgan fingerprint density at radius 3 is 2.58 bits per heavy atom. The second kappa shape index (κ2) is 4.55. The van der Waals surface area contributed by atoms with E-state index in [1.807, 2.05) is 30.3 Å². The zero-order chi connectivity index (χ0) is 8.81. The highest BCUT2D eigenvalue weighted by Crippen LogP contribution is 2.13. The summed E-state index contributed by atoms with van der Waals surface area (Å²) in [5, 5.41) is 0. The largest absolute Gasteiger partial charge is 0.271 e. The van der Waals surface area contributed by atoms with Gasteiger partial charge in [-0.25, -0.2) is 0 Å². The Morgan fingerprint density at radius 1 is 1.42 bits per heavy atom. The van der Waals surface area contributed by atoms with Gasteiger partial charge in [0.2, 0.25) is 0 Å². The number of nitrogens with two attached hydrogens (primary N) is 1. The fourth-order valence-corrected chi connectivity index (χ4v) is 1.08. The van der Waals surface area contributed by atoms with Crippen LogP contribution in [0.1, 0.15) is 18.0 Å². The van der Waals surface area contributed by atoms with Gasteiger partial charge in [0.05, 0.1) is 6.04 Å². The van der Waals surface area contributed by atoms with Gasteiger partial charge in [0.1, 0.15) is 0 Å². The molecular weight excluding hydrogens is 148 g/mol. The minimum absolute atomic E-state index is 0.0659. The fraction of sp³-hybridized carbons (Fsp3) is 0.200. The molecule has 3 N–H and O–H groups in total. The van der Waals surface area contributed by atoms with E-state index in [0.29, 0.717) is 6.42 Å². The molecule has 0 aromatic heterocycles. The standard InChI is InChI=1S/C10H12N2/c1-2-6-10(12-11)9-7-4-3-5-8-9/h1,3-5,7-8,10,12H,6,11H2. The molecule has 2 heteroatoms. The smallest absolute Gasteiger partial charge is 0.0569 e. The maximum atomic E-state index is 5.35. The first-order valence-electron chi connectivity index (χ1n) is 3.83. The molecule has 0 heterocycles. The lowest BCUT2D eigenvalue weighted by molar-refractivity contribution is 0.568. The third-order valence-electron chi connectivity index (χ3n) is 1.73. The molecule has 0 aliphatic heterocycles. The van der Waals surface area contributed by atoms with Crippen LogP contribution in [-0.4, -0.2) is 0 Å². The average Bonchev–Trinajstić information content (AvgIpc) is 2.15. The van der Waals surface area contributed by atoms with E-state index >= 15 is 0 Å².